The quantitative estimate of drug-likeness (QED) is 0.794. The number of methoxy groups -OCH3 is 1. The average molecular weight is 193 g/mol. The summed E-state index contributed by atoms with van der Waals surface area (Å²) in [6.07, 6.45) is 0.924. The number of ether oxygens (including phenoxy) is 1. The van der Waals surface area contributed by atoms with Crippen LogP contribution in [0, 0.1) is 0 Å². The first-order chi connectivity index (χ1) is 6.60. The standard InChI is InChI=1S/C12H19NO/c1-12(2,14-3)11-6-4-5-10(9-11)7-8-13/h4-6,9H,7-8,13H2,1-3H3. The van der Waals surface area contributed by atoms with E-state index in [0.717, 1.165) is 6.42 Å². The maximum Gasteiger partial charge on any atom is 0.0871 e. The number of hydrogen-bond acceptors (Lipinski definition) is 2. The molecule has 0 radical (unpaired) electrons. The summed E-state index contributed by atoms with van der Waals surface area (Å²) in [5.41, 5.74) is 7.78. The number of nitrogens with two attached hydrogens (primary N) is 1. The van der Waals surface area contributed by atoms with Gasteiger partial charge in [0.05, 0.1) is 5.60 Å². The largest absolute Gasteiger partial charge is 0.374 e. The second kappa shape index (κ2) is 4.58. The minimum atomic E-state index is -0.218. The van der Waals surface area contributed by atoms with Gasteiger partial charge in [0.25, 0.3) is 0 Å². The van der Waals surface area contributed by atoms with Crippen LogP contribution in [0.4, 0.5) is 0 Å². The molecule has 0 saturated carbocycles. The van der Waals surface area contributed by atoms with Gasteiger partial charge in [0.1, 0.15) is 0 Å². The van der Waals surface area contributed by atoms with Crippen LogP contribution in [0.2, 0.25) is 0 Å². The van der Waals surface area contributed by atoms with Gasteiger partial charge in [-0.05, 0) is 37.9 Å². The van der Waals surface area contributed by atoms with Crippen molar-refractivity contribution in [3.63, 3.8) is 0 Å². The highest BCUT2D eigenvalue weighted by atomic mass is 16.5. The van der Waals surface area contributed by atoms with Crippen molar-refractivity contribution in [2.24, 2.45) is 5.73 Å². The van der Waals surface area contributed by atoms with E-state index < -0.39 is 0 Å². The Morgan fingerprint density at radius 1 is 1.36 bits per heavy atom. The smallest absolute Gasteiger partial charge is 0.0871 e. The molecule has 0 fully saturated rings. The van der Waals surface area contributed by atoms with E-state index in [2.05, 4.69) is 38.1 Å². The highest BCUT2D eigenvalue weighted by Crippen LogP contribution is 2.24. The van der Waals surface area contributed by atoms with Gasteiger partial charge in [-0.2, -0.15) is 0 Å². The molecule has 0 saturated heterocycles. The van der Waals surface area contributed by atoms with Gasteiger partial charge >= 0.3 is 0 Å². The molecule has 0 heterocycles. The van der Waals surface area contributed by atoms with Gasteiger partial charge in [-0.25, -0.2) is 0 Å². The first kappa shape index (κ1) is 11.2. The van der Waals surface area contributed by atoms with E-state index in [1.54, 1.807) is 7.11 Å². The maximum atomic E-state index is 5.52. The summed E-state index contributed by atoms with van der Waals surface area (Å²) in [7, 11) is 1.73. The van der Waals surface area contributed by atoms with Crippen LogP contribution in [-0.4, -0.2) is 13.7 Å². The van der Waals surface area contributed by atoms with Gasteiger partial charge in [0.15, 0.2) is 0 Å². The van der Waals surface area contributed by atoms with Crippen LogP contribution in [0.5, 0.6) is 0 Å². The van der Waals surface area contributed by atoms with Gasteiger partial charge in [-0.3, -0.25) is 0 Å². The number of benzene rings is 1. The molecular weight excluding hydrogens is 174 g/mol. The molecule has 1 aromatic carbocycles. The molecule has 2 heteroatoms. The van der Waals surface area contributed by atoms with Gasteiger partial charge in [-0.1, -0.05) is 24.3 Å². The Morgan fingerprint density at radius 2 is 2.07 bits per heavy atom. The highest BCUT2D eigenvalue weighted by Gasteiger charge is 2.18. The lowest BCUT2D eigenvalue weighted by atomic mass is 9.95. The van der Waals surface area contributed by atoms with E-state index in [9.17, 15) is 0 Å². The van der Waals surface area contributed by atoms with Crippen LogP contribution in [0.1, 0.15) is 25.0 Å². The lowest BCUT2D eigenvalue weighted by molar-refractivity contribution is 0.0191. The van der Waals surface area contributed by atoms with E-state index in [-0.39, 0.29) is 5.60 Å². The molecule has 1 rings (SSSR count). The molecule has 0 aliphatic rings. The van der Waals surface area contributed by atoms with Gasteiger partial charge in [-0.15, -0.1) is 0 Å². The molecular formula is C12H19NO. The Kier molecular flexibility index (Phi) is 3.67. The van der Waals surface area contributed by atoms with E-state index >= 15 is 0 Å². The molecule has 0 atom stereocenters. The molecule has 0 aromatic heterocycles. The third kappa shape index (κ3) is 2.56. The van der Waals surface area contributed by atoms with Crippen LogP contribution in [0.15, 0.2) is 24.3 Å². The Balaban J connectivity index is 2.93. The summed E-state index contributed by atoms with van der Waals surface area (Å²) < 4.78 is 5.43. The Morgan fingerprint density at radius 3 is 2.64 bits per heavy atom. The molecule has 0 unspecified atom stereocenters. The Labute approximate surface area is 86.1 Å². The van der Waals surface area contributed by atoms with Crippen molar-refractivity contribution in [2.45, 2.75) is 25.9 Å². The molecule has 0 aliphatic carbocycles. The molecule has 0 spiro atoms. The highest BCUT2D eigenvalue weighted by molar-refractivity contribution is 5.27. The Hall–Kier alpha value is -0.860. The molecule has 14 heavy (non-hydrogen) atoms. The zero-order valence-electron chi connectivity index (χ0n) is 9.21. The molecule has 2 nitrogen and oxygen atoms in total. The maximum absolute atomic E-state index is 5.52. The van der Waals surface area contributed by atoms with Gasteiger partial charge in [0.2, 0.25) is 0 Å². The van der Waals surface area contributed by atoms with Crippen LogP contribution < -0.4 is 5.73 Å². The van der Waals surface area contributed by atoms with Crippen molar-refractivity contribution >= 4 is 0 Å². The third-order valence-electron chi connectivity index (χ3n) is 2.57. The normalized spacial score (nSPS) is 11.7. The average Bonchev–Trinajstić information content (AvgIpc) is 2.19. The second-order valence-corrected chi connectivity index (χ2v) is 3.95. The fourth-order valence-corrected chi connectivity index (χ4v) is 1.39. The predicted molar refractivity (Wildman–Crippen MR) is 59.2 cm³/mol. The summed E-state index contributed by atoms with van der Waals surface area (Å²) in [6.45, 7) is 4.82. The van der Waals surface area contributed by atoms with E-state index in [4.69, 9.17) is 10.5 Å². The lowest BCUT2D eigenvalue weighted by Gasteiger charge is -2.24. The van der Waals surface area contributed by atoms with Crippen molar-refractivity contribution in [3.05, 3.63) is 35.4 Å². The summed E-state index contributed by atoms with van der Waals surface area (Å²) in [5, 5.41) is 0. The molecule has 1 aromatic rings. The fourth-order valence-electron chi connectivity index (χ4n) is 1.39. The van der Waals surface area contributed by atoms with E-state index in [0.29, 0.717) is 6.54 Å². The molecule has 0 bridgehead atoms. The Bertz CT molecular complexity index is 294. The van der Waals surface area contributed by atoms with Crippen molar-refractivity contribution in [1.82, 2.24) is 0 Å². The van der Waals surface area contributed by atoms with Gasteiger partial charge < -0.3 is 10.5 Å². The first-order valence-corrected chi connectivity index (χ1v) is 4.95. The fraction of sp³-hybridized carbons (Fsp3) is 0.500. The molecule has 2 N–H and O–H groups in total. The van der Waals surface area contributed by atoms with Crippen molar-refractivity contribution in [2.75, 3.05) is 13.7 Å². The monoisotopic (exact) mass is 193 g/mol. The SMILES string of the molecule is COC(C)(C)c1cccc(CCN)c1. The second-order valence-electron chi connectivity index (χ2n) is 3.95. The summed E-state index contributed by atoms with van der Waals surface area (Å²) >= 11 is 0. The third-order valence-corrected chi connectivity index (χ3v) is 2.57. The van der Waals surface area contributed by atoms with E-state index in [1.807, 2.05) is 0 Å². The zero-order chi connectivity index (χ0) is 10.6. The predicted octanol–water partition coefficient (Wildman–Crippen LogP) is 2.07. The summed E-state index contributed by atoms with van der Waals surface area (Å²) in [5.74, 6) is 0. The summed E-state index contributed by atoms with van der Waals surface area (Å²) in [4.78, 5) is 0. The molecule has 0 aliphatic heterocycles. The van der Waals surface area contributed by atoms with E-state index in [1.165, 1.54) is 11.1 Å². The van der Waals surface area contributed by atoms with Crippen molar-refractivity contribution in [3.8, 4) is 0 Å². The van der Waals surface area contributed by atoms with Crippen LogP contribution in [0.3, 0.4) is 0 Å². The summed E-state index contributed by atoms with van der Waals surface area (Å²) in [6, 6.07) is 8.41. The first-order valence-electron chi connectivity index (χ1n) is 4.95. The zero-order valence-corrected chi connectivity index (χ0v) is 9.21. The van der Waals surface area contributed by atoms with Crippen LogP contribution >= 0.6 is 0 Å². The van der Waals surface area contributed by atoms with Crippen LogP contribution in [0.25, 0.3) is 0 Å². The molecule has 0 amide bonds. The lowest BCUT2D eigenvalue weighted by Crippen LogP contribution is -2.19. The molecule has 78 valence electrons. The number of rotatable bonds is 4. The minimum absolute atomic E-state index is 0.218. The topological polar surface area (TPSA) is 35.2 Å². The minimum Gasteiger partial charge on any atom is -0.374 e. The van der Waals surface area contributed by atoms with Crippen LogP contribution in [-0.2, 0) is 16.8 Å². The van der Waals surface area contributed by atoms with Gasteiger partial charge in [0, 0.05) is 7.11 Å². The van der Waals surface area contributed by atoms with Crippen molar-refractivity contribution < 1.29 is 4.74 Å². The number of hydrogen-bond donors (Lipinski definition) is 1. The van der Waals surface area contributed by atoms with Crippen molar-refractivity contribution in [1.29, 1.82) is 0 Å².